The first-order valence-electron chi connectivity index (χ1n) is 8.84. The molecule has 0 radical (unpaired) electrons. The van der Waals surface area contributed by atoms with E-state index in [-0.39, 0.29) is 16.5 Å². The number of benzene rings is 1. The number of carbonyl (C=O) groups is 1. The molecule has 0 saturated heterocycles. The van der Waals surface area contributed by atoms with Gasteiger partial charge in [-0.1, -0.05) is 36.4 Å². The third-order valence-corrected chi connectivity index (χ3v) is 4.86. The Kier molecular flexibility index (Phi) is 5.58. The highest BCUT2D eigenvalue weighted by Crippen LogP contribution is 2.33. The zero-order valence-electron chi connectivity index (χ0n) is 15.6. The van der Waals surface area contributed by atoms with Crippen molar-refractivity contribution in [1.29, 1.82) is 0 Å². The molecule has 11 heteroatoms. The lowest BCUT2D eigenvalue weighted by Crippen LogP contribution is -2.18. The van der Waals surface area contributed by atoms with Crippen LogP contribution in [0.1, 0.15) is 21.7 Å². The molecule has 0 bridgehead atoms. The summed E-state index contributed by atoms with van der Waals surface area (Å²) in [5.74, 6) is -0.605. The van der Waals surface area contributed by atoms with E-state index < -0.39 is 17.8 Å². The molecule has 1 aromatic carbocycles. The summed E-state index contributed by atoms with van der Waals surface area (Å²) in [5.41, 5.74) is 2.72. The van der Waals surface area contributed by atoms with Gasteiger partial charge in [-0.15, -0.1) is 11.3 Å². The molecule has 1 amide bonds. The Bertz CT molecular complexity index is 1220. The van der Waals surface area contributed by atoms with Crippen molar-refractivity contribution in [1.82, 2.24) is 25.2 Å². The van der Waals surface area contributed by atoms with E-state index in [0.717, 1.165) is 22.1 Å². The van der Waals surface area contributed by atoms with Gasteiger partial charge in [0.2, 0.25) is 5.13 Å². The minimum atomic E-state index is -4.62. The summed E-state index contributed by atoms with van der Waals surface area (Å²) in [6.07, 6.45) is -0.0321. The van der Waals surface area contributed by atoms with Gasteiger partial charge in [0.05, 0.1) is 11.9 Å². The Hall–Kier alpha value is -3.86. The number of pyridine rings is 1. The Balaban J connectivity index is 1.60. The zero-order chi connectivity index (χ0) is 21.8. The number of nitrogens with one attached hydrogen (secondary N) is 1. The minimum absolute atomic E-state index is 0.00593. The van der Waals surface area contributed by atoms with Crippen LogP contribution in [-0.2, 0) is 6.18 Å². The monoisotopic (exact) mass is 442 g/mol. The molecular weight excluding hydrogens is 429 g/mol. The molecule has 0 aliphatic rings. The highest BCUT2D eigenvalue weighted by molar-refractivity contribution is 7.12. The van der Waals surface area contributed by atoms with Crippen molar-refractivity contribution in [2.45, 2.75) is 6.18 Å². The molecular formula is C20H13F3N6OS. The van der Waals surface area contributed by atoms with E-state index in [2.05, 4.69) is 25.6 Å². The first kappa shape index (κ1) is 20.4. The molecule has 156 valence electrons. The lowest BCUT2D eigenvalue weighted by Gasteiger charge is -2.03. The summed E-state index contributed by atoms with van der Waals surface area (Å²) in [5, 5.41) is 9.05. The van der Waals surface area contributed by atoms with Gasteiger partial charge in [0, 0.05) is 28.9 Å². The van der Waals surface area contributed by atoms with Gasteiger partial charge < -0.3 is 0 Å². The van der Waals surface area contributed by atoms with Crippen LogP contribution < -0.4 is 5.43 Å². The van der Waals surface area contributed by atoms with Gasteiger partial charge in [-0.05, 0) is 12.1 Å². The highest BCUT2D eigenvalue weighted by Gasteiger charge is 2.35. The number of rotatable bonds is 5. The Morgan fingerprint density at radius 3 is 2.68 bits per heavy atom. The molecule has 31 heavy (non-hydrogen) atoms. The number of hydrazone groups is 1. The minimum Gasteiger partial charge on any atom is -0.266 e. The molecule has 0 spiro atoms. The van der Waals surface area contributed by atoms with E-state index in [1.165, 1.54) is 11.6 Å². The number of aromatic nitrogens is 4. The number of hydrogen-bond donors (Lipinski definition) is 1. The van der Waals surface area contributed by atoms with Crippen LogP contribution in [0.4, 0.5) is 13.2 Å². The Labute approximate surface area is 177 Å². The third-order valence-electron chi connectivity index (χ3n) is 4.04. The maximum atomic E-state index is 13.2. The van der Waals surface area contributed by atoms with Crippen molar-refractivity contribution in [3.63, 3.8) is 0 Å². The van der Waals surface area contributed by atoms with E-state index in [9.17, 15) is 18.0 Å². The maximum Gasteiger partial charge on any atom is 0.435 e. The van der Waals surface area contributed by atoms with Crippen LogP contribution in [0.5, 0.6) is 0 Å². The molecule has 0 aliphatic carbocycles. The molecule has 7 nitrogen and oxygen atoms in total. The summed E-state index contributed by atoms with van der Waals surface area (Å²) in [6, 6.07) is 12.9. The number of nitrogens with zero attached hydrogens (tertiary/aromatic N) is 5. The molecule has 3 aromatic heterocycles. The molecule has 4 rings (SSSR count). The second-order valence-electron chi connectivity index (χ2n) is 6.19. The average Bonchev–Trinajstić information content (AvgIpc) is 3.42. The van der Waals surface area contributed by atoms with Crippen molar-refractivity contribution in [2.24, 2.45) is 5.10 Å². The van der Waals surface area contributed by atoms with Crippen molar-refractivity contribution in [2.75, 3.05) is 0 Å². The second kappa shape index (κ2) is 8.48. The summed E-state index contributed by atoms with van der Waals surface area (Å²) in [7, 11) is 0. The van der Waals surface area contributed by atoms with Crippen molar-refractivity contribution in [3.05, 3.63) is 83.3 Å². The Morgan fingerprint density at radius 1 is 1.16 bits per heavy atom. The fourth-order valence-corrected chi connectivity index (χ4v) is 3.39. The van der Waals surface area contributed by atoms with Gasteiger partial charge >= 0.3 is 6.18 Å². The smallest absolute Gasteiger partial charge is 0.266 e. The van der Waals surface area contributed by atoms with E-state index in [1.807, 2.05) is 0 Å². The fourth-order valence-electron chi connectivity index (χ4n) is 2.62. The largest absolute Gasteiger partial charge is 0.435 e. The third kappa shape index (κ3) is 4.67. The molecule has 4 aromatic rings. The number of halogens is 3. The van der Waals surface area contributed by atoms with Crippen LogP contribution in [0.2, 0.25) is 0 Å². The molecule has 0 atom stereocenters. The van der Waals surface area contributed by atoms with Crippen LogP contribution >= 0.6 is 11.3 Å². The van der Waals surface area contributed by atoms with Gasteiger partial charge in [0.25, 0.3) is 5.91 Å². The molecule has 0 saturated carbocycles. The predicted molar refractivity (Wildman–Crippen MR) is 109 cm³/mol. The van der Waals surface area contributed by atoms with Crippen LogP contribution in [0.3, 0.4) is 0 Å². The molecule has 1 N–H and O–H groups in total. The van der Waals surface area contributed by atoms with E-state index >= 15 is 0 Å². The SMILES string of the molecule is O=C(NN=Cc1cccnc1)c1csc(-n2nc(C(F)(F)F)cc2-c2ccccc2)n1. The van der Waals surface area contributed by atoms with Crippen molar-refractivity contribution in [3.8, 4) is 16.4 Å². The summed E-state index contributed by atoms with van der Waals surface area (Å²) in [4.78, 5) is 20.4. The van der Waals surface area contributed by atoms with Crippen LogP contribution in [0.25, 0.3) is 16.4 Å². The van der Waals surface area contributed by atoms with Crippen molar-refractivity contribution < 1.29 is 18.0 Å². The van der Waals surface area contributed by atoms with Gasteiger partial charge in [-0.25, -0.2) is 15.1 Å². The molecule has 3 heterocycles. The van der Waals surface area contributed by atoms with Crippen LogP contribution in [0.15, 0.2) is 71.4 Å². The molecule has 0 fully saturated rings. The lowest BCUT2D eigenvalue weighted by molar-refractivity contribution is -0.141. The number of hydrogen-bond acceptors (Lipinski definition) is 6. The summed E-state index contributed by atoms with van der Waals surface area (Å²) < 4.78 is 40.8. The topological polar surface area (TPSA) is 85.1 Å². The van der Waals surface area contributed by atoms with Gasteiger partial charge in [-0.3, -0.25) is 9.78 Å². The maximum absolute atomic E-state index is 13.2. The normalized spacial score (nSPS) is 11.7. The first-order valence-corrected chi connectivity index (χ1v) is 9.72. The quantitative estimate of drug-likeness (QED) is 0.371. The van der Waals surface area contributed by atoms with Gasteiger partial charge in [0.15, 0.2) is 5.69 Å². The first-order chi connectivity index (χ1) is 14.9. The summed E-state index contributed by atoms with van der Waals surface area (Å²) in [6.45, 7) is 0. The van der Waals surface area contributed by atoms with Gasteiger partial charge in [-0.2, -0.15) is 23.4 Å². The van der Waals surface area contributed by atoms with Crippen LogP contribution in [-0.4, -0.2) is 31.9 Å². The summed E-state index contributed by atoms with van der Waals surface area (Å²) >= 11 is 0.993. The van der Waals surface area contributed by atoms with E-state index in [1.54, 1.807) is 54.9 Å². The predicted octanol–water partition coefficient (Wildman–Crippen LogP) is 4.17. The lowest BCUT2D eigenvalue weighted by atomic mass is 10.1. The molecule has 0 aliphatic heterocycles. The molecule has 0 unspecified atom stereocenters. The van der Waals surface area contributed by atoms with E-state index in [0.29, 0.717) is 11.1 Å². The number of amides is 1. The zero-order valence-corrected chi connectivity index (χ0v) is 16.4. The number of alkyl halides is 3. The Morgan fingerprint density at radius 2 is 1.97 bits per heavy atom. The number of carbonyl (C=O) groups excluding carboxylic acids is 1. The van der Waals surface area contributed by atoms with Gasteiger partial charge in [0.1, 0.15) is 5.69 Å². The van der Waals surface area contributed by atoms with Crippen LogP contribution in [0, 0.1) is 0 Å². The average molecular weight is 442 g/mol. The highest BCUT2D eigenvalue weighted by atomic mass is 32.1. The number of thiazole rings is 1. The van der Waals surface area contributed by atoms with Crippen molar-refractivity contribution >= 4 is 23.5 Å². The second-order valence-corrected chi connectivity index (χ2v) is 7.03. The standard InChI is InChI=1S/C20H13F3N6OS/c21-20(22,23)17-9-16(14-6-2-1-3-7-14)29(28-17)19-26-15(12-31-19)18(30)27-25-11-13-5-4-8-24-10-13/h1-12H,(H,27,30). The van der Waals surface area contributed by atoms with E-state index in [4.69, 9.17) is 0 Å². The fraction of sp³-hybridized carbons (Fsp3) is 0.0500.